The number of hydrogen-bond acceptors (Lipinski definition) is 4. The number of aliphatic carboxylic acids is 1. The quantitative estimate of drug-likeness (QED) is 0.593. The third kappa shape index (κ3) is 4.64. The number of nitrogens with one attached hydrogen (secondary N) is 1. The van der Waals surface area contributed by atoms with Crippen LogP contribution in [0.1, 0.15) is 49.7 Å². The summed E-state index contributed by atoms with van der Waals surface area (Å²) in [6.45, 7) is 3.35. The van der Waals surface area contributed by atoms with Crippen LogP contribution in [0.4, 0.5) is 4.79 Å². The minimum absolute atomic E-state index is 0.0126. The second-order valence-corrected chi connectivity index (χ2v) is 9.98. The Hall–Kier alpha value is -3.35. The highest BCUT2D eigenvalue weighted by atomic mass is 16.5. The van der Waals surface area contributed by atoms with Crippen molar-refractivity contribution in [3.8, 4) is 11.1 Å². The Bertz CT molecular complexity index is 1090. The molecule has 7 nitrogen and oxygen atoms in total. The molecule has 4 atom stereocenters. The number of ether oxygens (including phenoxy) is 1. The summed E-state index contributed by atoms with van der Waals surface area (Å²) in [5, 5.41) is 12.2. The van der Waals surface area contributed by atoms with Crippen LogP contribution >= 0.6 is 0 Å². The van der Waals surface area contributed by atoms with E-state index >= 15 is 0 Å². The number of carboxylic acid groups (broad SMARTS) is 1. The number of hydrogen-bond donors (Lipinski definition) is 2. The number of alkyl carbamates (subject to hydrolysis) is 1. The van der Waals surface area contributed by atoms with E-state index in [1.54, 1.807) is 4.90 Å². The van der Waals surface area contributed by atoms with E-state index in [0.717, 1.165) is 24.0 Å². The first-order chi connectivity index (χ1) is 17.0. The molecule has 2 aromatic carbocycles. The van der Waals surface area contributed by atoms with E-state index in [0.29, 0.717) is 19.5 Å². The van der Waals surface area contributed by atoms with Crippen molar-refractivity contribution in [1.29, 1.82) is 0 Å². The molecule has 3 aliphatic rings. The van der Waals surface area contributed by atoms with Crippen LogP contribution in [0.5, 0.6) is 0 Å². The second kappa shape index (κ2) is 9.72. The molecular weight excluding hydrogens is 444 g/mol. The lowest BCUT2D eigenvalue weighted by Crippen LogP contribution is -2.43. The highest BCUT2D eigenvalue weighted by Crippen LogP contribution is 2.51. The molecule has 2 aliphatic carbocycles. The van der Waals surface area contributed by atoms with Crippen LogP contribution in [0.25, 0.3) is 11.1 Å². The molecule has 3 unspecified atom stereocenters. The summed E-state index contributed by atoms with van der Waals surface area (Å²) >= 11 is 0. The standard InChI is InChI=1S/C28H32N2O5/c1-2-7-17(14-25(31)30-13-12-22-23(15-30)26(22)27(32)33)29-28(34)35-16-24-20-10-5-3-8-18(20)19-9-4-6-11-21(19)24/h3-6,8-11,17,22-24,26H,2,7,12-16H2,1H3,(H,29,34)(H,32,33)/t17-,22?,23?,26?/m1/s1. The molecule has 0 aromatic heterocycles. The van der Waals surface area contributed by atoms with Gasteiger partial charge in [0.2, 0.25) is 5.91 Å². The molecule has 0 radical (unpaired) electrons. The van der Waals surface area contributed by atoms with Gasteiger partial charge in [-0.2, -0.15) is 0 Å². The number of amides is 2. The third-order valence-corrected chi connectivity index (χ3v) is 7.86. The Labute approximate surface area is 205 Å². The number of carbonyl (C=O) groups excluding carboxylic acids is 2. The SMILES string of the molecule is CCC[C@H](CC(=O)N1CCC2C(C1)C2C(=O)O)NC(=O)OCC1c2ccccc2-c2ccccc21. The van der Waals surface area contributed by atoms with Crippen molar-refractivity contribution in [2.75, 3.05) is 19.7 Å². The van der Waals surface area contributed by atoms with E-state index in [9.17, 15) is 19.5 Å². The maximum absolute atomic E-state index is 12.9. The van der Waals surface area contributed by atoms with E-state index in [2.05, 4.69) is 29.6 Å². The van der Waals surface area contributed by atoms with E-state index in [1.807, 2.05) is 31.2 Å². The van der Waals surface area contributed by atoms with Gasteiger partial charge >= 0.3 is 12.1 Å². The Morgan fingerprint density at radius 3 is 2.34 bits per heavy atom. The minimum Gasteiger partial charge on any atom is -0.481 e. The number of carboxylic acids is 1. The number of rotatable bonds is 8. The van der Waals surface area contributed by atoms with Gasteiger partial charge in [0, 0.05) is 31.5 Å². The summed E-state index contributed by atoms with van der Waals surface area (Å²) in [5.74, 6) is -0.821. The number of piperidine rings is 1. The molecular formula is C28H32N2O5. The molecule has 2 amide bonds. The topological polar surface area (TPSA) is 95.9 Å². The number of nitrogens with zero attached hydrogens (tertiary/aromatic N) is 1. The van der Waals surface area contributed by atoms with Gasteiger partial charge in [0.05, 0.1) is 5.92 Å². The summed E-state index contributed by atoms with van der Waals surface area (Å²) < 4.78 is 5.67. The second-order valence-electron chi connectivity index (χ2n) is 9.98. The molecule has 0 spiro atoms. The molecule has 35 heavy (non-hydrogen) atoms. The summed E-state index contributed by atoms with van der Waals surface area (Å²) in [4.78, 5) is 38.7. The van der Waals surface area contributed by atoms with Gasteiger partial charge in [-0.3, -0.25) is 9.59 Å². The molecule has 2 aromatic rings. The Morgan fingerprint density at radius 2 is 1.71 bits per heavy atom. The van der Waals surface area contributed by atoms with Gasteiger partial charge in [-0.05, 0) is 46.9 Å². The molecule has 1 saturated heterocycles. The fraction of sp³-hybridized carbons (Fsp3) is 0.464. The lowest BCUT2D eigenvalue weighted by Gasteiger charge is -2.28. The van der Waals surface area contributed by atoms with Crippen molar-refractivity contribution in [1.82, 2.24) is 10.2 Å². The summed E-state index contributed by atoms with van der Waals surface area (Å²) in [5.41, 5.74) is 4.67. The lowest BCUT2D eigenvalue weighted by atomic mass is 9.98. The van der Waals surface area contributed by atoms with Crippen molar-refractivity contribution in [2.45, 2.75) is 44.6 Å². The van der Waals surface area contributed by atoms with Gasteiger partial charge in [-0.25, -0.2) is 4.79 Å². The molecule has 7 heteroatoms. The zero-order chi connectivity index (χ0) is 24.5. The highest BCUT2D eigenvalue weighted by Gasteiger charge is 2.57. The van der Waals surface area contributed by atoms with E-state index < -0.39 is 12.1 Å². The van der Waals surface area contributed by atoms with Crippen molar-refractivity contribution in [3.05, 3.63) is 59.7 Å². The van der Waals surface area contributed by atoms with Crippen LogP contribution in [-0.2, 0) is 14.3 Å². The fourth-order valence-electron chi connectivity index (χ4n) is 6.05. The molecule has 184 valence electrons. The number of carbonyl (C=O) groups is 3. The average Bonchev–Trinajstić information content (AvgIpc) is 3.50. The zero-order valence-electron chi connectivity index (χ0n) is 20.0. The summed E-state index contributed by atoms with van der Waals surface area (Å²) in [6, 6.07) is 16.1. The molecule has 0 bridgehead atoms. The summed E-state index contributed by atoms with van der Waals surface area (Å²) in [6.07, 6.45) is 1.93. The van der Waals surface area contributed by atoms with Gasteiger partial charge in [0.1, 0.15) is 6.61 Å². The first kappa shape index (κ1) is 23.4. The van der Waals surface area contributed by atoms with Gasteiger partial charge < -0.3 is 20.1 Å². The maximum atomic E-state index is 12.9. The molecule has 1 heterocycles. The molecule has 2 N–H and O–H groups in total. The average molecular weight is 477 g/mol. The number of fused-ring (bicyclic) bond motifs is 4. The van der Waals surface area contributed by atoms with E-state index in [-0.39, 0.29) is 48.6 Å². The fourth-order valence-corrected chi connectivity index (χ4v) is 6.05. The van der Waals surface area contributed by atoms with Crippen LogP contribution in [0.15, 0.2) is 48.5 Å². The largest absolute Gasteiger partial charge is 0.481 e. The van der Waals surface area contributed by atoms with Gasteiger partial charge in [-0.15, -0.1) is 0 Å². The molecule has 5 rings (SSSR count). The van der Waals surface area contributed by atoms with E-state index in [4.69, 9.17) is 4.74 Å². The predicted molar refractivity (Wildman–Crippen MR) is 131 cm³/mol. The van der Waals surface area contributed by atoms with Crippen LogP contribution in [-0.4, -0.2) is 53.7 Å². The molecule has 1 aliphatic heterocycles. The Kier molecular flexibility index (Phi) is 6.50. The van der Waals surface area contributed by atoms with Crippen molar-refractivity contribution >= 4 is 18.0 Å². The summed E-state index contributed by atoms with van der Waals surface area (Å²) in [7, 11) is 0. The Balaban J connectivity index is 1.16. The normalized spacial score (nSPS) is 23.0. The minimum atomic E-state index is -0.755. The van der Waals surface area contributed by atoms with Crippen LogP contribution in [0.2, 0.25) is 0 Å². The monoisotopic (exact) mass is 476 g/mol. The lowest BCUT2D eigenvalue weighted by molar-refractivity contribution is -0.139. The first-order valence-electron chi connectivity index (χ1n) is 12.6. The smallest absolute Gasteiger partial charge is 0.407 e. The number of likely N-dealkylation sites (tertiary alicyclic amines) is 1. The van der Waals surface area contributed by atoms with Crippen LogP contribution < -0.4 is 5.32 Å². The maximum Gasteiger partial charge on any atom is 0.407 e. The van der Waals surface area contributed by atoms with Gasteiger partial charge in [0.15, 0.2) is 0 Å². The third-order valence-electron chi connectivity index (χ3n) is 7.86. The van der Waals surface area contributed by atoms with Crippen LogP contribution in [0.3, 0.4) is 0 Å². The van der Waals surface area contributed by atoms with Crippen molar-refractivity contribution in [2.24, 2.45) is 17.8 Å². The van der Waals surface area contributed by atoms with Gasteiger partial charge in [-0.1, -0.05) is 61.9 Å². The van der Waals surface area contributed by atoms with Gasteiger partial charge in [0.25, 0.3) is 0 Å². The van der Waals surface area contributed by atoms with E-state index in [1.165, 1.54) is 11.1 Å². The first-order valence-corrected chi connectivity index (χ1v) is 12.6. The Morgan fingerprint density at radius 1 is 1.06 bits per heavy atom. The zero-order valence-corrected chi connectivity index (χ0v) is 20.0. The highest BCUT2D eigenvalue weighted by molar-refractivity contribution is 5.80. The predicted octanol–water partition coefficient (Wildman–Crippen LogP) is 4.26. The molecule has 2 fully saturated rings. The van der Waals surface area contributed by atoms with Crippen molar-refractivity contribution < 1.29 is 24.2 Å². The van der Waals surface area contributed by atoms with Crippen molar-refractivity contribution in [3.63, 3.8) is 0 Å². The van der Waals surface area contributed by atoms with Crippen LogP contribution in [0, 0.1) is 17.8 Å². The number of benzene rings is 2. The molecule has 1 saturated carbocycles.